The molecule has 1 N–H and O–H groups in total. The van der Waals surface area contributed by atoms with Gasteiger partial charge in [-0.25, -0.2) is 0 Å². The third kappa shape index (κ3) is 3.74. The summed E-state index contributed by atoms with van der Waals surface area (Å²) < 4.78 is 5.69. The zero-order chi connectivity index (χ0) is 16.8. The number of hydrogen-bond acceptors (Lipinski definition) is 5. The van der Waals surface area contributed by atoms with Gasteiger partial charge in [-0.3, -0.25) is 4.90 Å². The number of benzene rings is 2. The lowest BCUT2D eigenvalue weighted by atomic mass is 9.82. The second-order valence-electron chi connectivity index (χ2n) is 6.17. The van der Waals surface area contributed by atoms with Gasteiger partial charge in [0.05, 0.1) is 0 Å². The minimum atomic E-state index is -0.588. The number of piperidine rings is 1. The van der Waals surface area contributed by atoms with Crippen LogP contribution in [0.25, 0.3) is 0 Å². The minimum absolute atomic E-state index is 0.233. The van der Waals surface area contributed by atoms with Crippen LogP contribution in [0.2, 0.25) is 0 Å². The van der Waals surface area contributed by atoms with Crippen molar-refractivity contribution >= 4 is 0 Å². The standard InChI is InChI=1S/C19H22N2O3/c22-17-6-8-18(9-7-17)24-15-14-21-12-10-19(20-23,11-13-21)16-4-2-1-3-5-16/h1-9,22H,10-15H2. The molecule has 0 aromatic heterocycles. The van der Waals surface area contributed by atoms with E-state index in [-0.39, 0.29) is 5.75 Å². The molecule has 5 heteroatoms. The predicted octanol–water partition coefficient (Wildman–Crippen LogP) is 3.53. The van der Waals surface area contributed by atoms with E-state index in [2.05, 4.69) is 10.1 Å². The van der Waals surface area contributed by atoms with Crippen molar-refractivity contribution in [3.05, 3.63) is 65.1 Å². The summed E-state index contributed by atoms with van der Waals surface area (Å²) in [5.41, 5.74) is 0.426. The SMILES string of the molecule is O=NC1(c2ccccc2)CCN(CCOc2ccc(O)cc2)CC1. The first-order valence-corrected chi connectivity index (χ1v) is 8.26. The van der Waals surface area contributed by atoms with Crippen LogP contribution < -0.4 is 4.74 Å². The van der Waals surface area contributed by atoms with Gasteiger partial charge < -0.3 is 9.84 Å². The Morgan fingerprint density at radius 1 is 1.04 bits per heavy atom. The van der Waals surface area contributed by atoms with Crippen molar-refractivity contribution in [3.63, 3.8) is 0 Å². The molecule has 2 aromatic rings. The summed E-state index contributed by atoms with van der Waals surface area (Å²) in [6.45, 7) is 3.06. The van der Waals surface area contributed by atoms with Crippen LogP contribution in [0.3, 0.4) is 0 Å². The normalized spacial score (nSPS) is 17.3. The van der Waals surface area contributed by atoms with Crippen LogP contribution in [0.1, 0.15) is 18.4 Å². The molecule has 0 saturated carbocycles. The summed E-state index contributed by atoms with van der Waals surface area (Å²) in [5, 5.41) is 12.7. The molecule has 1 fully saturated rings. The van der Waals surface area contributed by atoms with Gasteiger partial charge in [-0.05, 0) is 42.7 Å². The van der Waals surface area contributed by atoms with Crippen LogP contribution >= 0.6 is 0 Å². The lowest BCUT2D eigenvalue weighted by molar-refractivity contribution is 0.139. The number of phenols is 1. The van der Waals surface area contributed by atoms with Crippen LogP contribution in [-0.4, -0.2) is 36.2 Å². The summed E-state index contributed by atoms with van der Waals surface area (Å²) in [4.78, 5) is 13.8. The Morgan fingerprint density at radius 3 is 2.33 bits per heavy atom. The largest absolute Gasteiger partial charge is 0.508 e. The van der Waals surface area contributed by atoms with Crippen molar-refractivity contribution in [1.29, 1.82) is 0 Å². The topological polar surface area (TPSA) is 62.1 Å². The lowest BCUT2D eigenvalue weighted by Gasteiger charge is -2.37. The molecule has 0 atom stereocenters. The number of nitrogens with zero attached hydrogens (tertiary/aromatic N) is 2. The molecule has 0 spiro atoms. The number of hydrogen-bond donors (Lipinski definition) is 1. The third-order valence-electron chi connectivity index (χ3n) is 4.68. The molecule has 24 heavy (non-hydrogen) atoms. The molecule has 0 radical (unpaired) electrons. The molecule has 0 amide bonds. The average Bonchev–Trinajstić information content (AvgIpc) is 2.65. The number of rotatable bonds is 6. The van der Waals surface area contributed by atoms with Gasteiger partial charge in [0, 0.05) is 19.6 Å². The smallest absolute Gasteiger partial charge is 0.130 e. The maximum absolute atomic E-state index is 11.5. The number of ether oxygens (including phenoxy) is 1. The van der Waals surface area contributed by atoms with Crippen molar-refractivity contribution in [2.24, 2.45) is 5.18 Å². The molecule has 3 rings (SSSR count). The molecule has 1 heterocycles. The van der Waals surface area contributed by atoms with Gasteiger partial charge >= 0.3 is 0 Å². The average molecular weight is 326 g/mol. The van der Waals surface area contributed by atoms with Crippen molar-refractivity contribution in [3.8, 4) is 11.5 Å². The number of phenolic OH excluding ortho intramolecular Hbond substituents is 1. The van der Waals surface area contributed by atoms with Crippen LogP contribution in [0.5, 0.6) is 11.5 Å². The van der Waals surface area contributed by atoms with Crippen molar-refractivity contribution in [2.45, 2.75) is 18.4 Å². The molecular weight excluding hydrogens is 304 g/mol. The van der Waals surface area contributed by atoms with Gasteiger partial charge in [0.25, 0.3) is 0 Å². The Hall–Kier alpha value is -2.40. The molecule has 0 bridgehead atoms. The minimum Gasteiger partial charge on any atom is -0.508 e. The Balaban J connectivity index is 1.49. The Kier molecular flexibility index (Phi) is 5.11. The fraction of sp³-hybridized carbons (Fsp3) is 0.368. The van der Waals surface area contributed by atoms with E-state index in [4.69, 9.17) is 4.74 Å². The zero-order valence-corrected chi connectivity index (χ0v) is 13.6. The molecular formula is C19H22N2O3. The van der Waals surface area contributed by atoms with Gasteiger partial charge in [-0.2, -0.15) is 0 Å². The van der Waals surface area contributed by atoms with Crippen LogP contribution in [0.4, 0.5) is 0 Å². The van der Waals surface area contributed by atoms with Crippen LogP contribution in [0.15, 0.2) is 59.8 Å². The van der Waals surface area contributed by atoms with E-state index in [1.54, 1.807) is 24.3 Å². The number of nitroso groups, excluding NO2 is 1. The van der Waals surface area contributed by atoms with E-state index in [9.17, 15) is 10.0 Å². The highest BCUT2D eigenvalue weighted by atomic mass is 16.5. The monoisotopic (exact) mass is 326 g/mol. The fourth-order valence-electron chi connectivity index (χ4n) is 3.16. The molecule has 126 valence electrons. The third-order valence-corrected chi connectivity index (χ3v) is 4.68. The summed E-state index contributed by atoms with van der Waals surface area (Å²) in [7, 11) is 0. The van der Waals surface area contributed by atoms with Gasteiger partial charge in [0.2, 0.25) is 0 Å². The summed E-state index contributed by atoms with van der Waals surface area (Å²) in [5.74, 6) is 0.981. The van der Waals surface area contributed by atoms with E-state index in [0.717, 1.165) is 43.8 Å². The molecule has 1 aliphatic rings. The van der Waals surface area contributed by atoms with E-state index >= 15 is 0 Å². The zero-order valence-electron chi connectivity index (χ0n) is 13.6. The van der Waals surface area contributed by atoms with Gasteiger partial charge in [0.1, 0.15) is 23.6 Å². The quantitative estimate of drug-likeness (QED) is 0.825. The lowest BCUT2D eigenvalue weighted by Crippen LogP contribution is -2.42. The Labute approximate surface area is 141 Å². The molecule has 5 nitrogen and oxygen atoms in total. The van der Waals surface area contributed by atoms with Crippen molar-refractivity contribution < 1.29 is 9.84 Å². The Bertz CT molecular complexity index is 650. The summed E-state index contributed by atoms with van der Waals surface area (Å²) >= 11 is 0. The van der Waals surface area contributed by atoms with E-state index in [1.807, 2.05) is 30.3 Å². The van der Waals surface area contributed by atoms with Crippen LogP contribution in [0, 0.1) is 4.91 Å². The first kappa shape index (κ1) is 16.5. The summed E-state index contributed by atoms with van der Waals surface area (Å²) in [6, 6.07) is 16.6. The van der Waals surface area contributed by atoms with Gasteiger partial charge in [0.15, 0.2) is 0 Å². The van der Waals surface area contributed by atoms with Gasteiger partial charge in [-0.15, -0.1) is 4.91 Å². The maximum atomic E-state index is 11.5. The first-order valence-electron chi connectivity index (χ1n) is 8.26. The molecule has 0 aliphatic carbocycles. The van der Waals surface area contributed by atoms with Crippen molar-refractivity contribution in [2.75, 3.05) is 26.2 Å². The van der Waals surface area contributed by atoms with E-state index in [0.29, 0.717) is 6.61 Å². The Morgan fingerprint density at radius 2 is 1.71 bits per heavy atom. The highest BCUT2D eigenvalue weighted by Gasteiger charge is 2.37. The summed E-state index contributed by atoms with van der Waals surface area (Å²) in [6.07, 6.45) is 1.47. The highest BCUT2D eigenvalue weighted by Crippen LogP contribution is 2.36. The molecule has 0 unspecified atom stereocenters. The van der Waals surface area contributed by atoms with Crippen molar-refractivity contribution in [1.82, 2.24) is 4.90 Å². The molecule has 2 aromatic carbocycles. The number of aromatic hydroxyl groups is 1. The predicted molar refractivity (Wildman–Crippen MR) is 93.2 cm³/mol. The van der Waals surface area contributed by atoms with E-state index < -0.39 is 5.54 Å². The first-order chi connectivity index (χ1) is 11.7. The van der Waals surface area contributed by atoms with E-state index in [1.165, 1.54) is 0 Å². The molecule has 1 saturated heterocycles. The second-order valence-corrected chi connectivity index (χ2v) is 6.17. The highest BCUT2D eigenvalue weighted by molar-refractivity contribution is 5.30. The second kappa shape index (κ2) is 7.45. The number of likely N-dealkylation sites (tertiary alicyclic amines) is 1. The molecule has 1 aliphatic heterocycles. The van der Waals surface area contributed by atoms with Gasteiger partial charge in [-0.1, -0.05) is 35.5 Å². The van der Waals surface area contributed by atoms with Crippen LogP contribution in [-0.2, 0) is 5.54 Å². The fourth-order valence-corrected chi connectivity index (χ4v) is 3.16. The maximum Gasteiger partial charge on any atom is 0.130 e.